The summed E-state index contributed by atoms with van der Waals surface area (Å²) < 4.78 is 51.4. The predicted octanol–water partition coefficient (Wildman–Crippen LogP) is 2.96. The highest BCUT2D eigenvalue weighted by atomic mass is 35.5. The third-order valence-corrected chi connectivity index (χ3v) is 1.50. The number of rotatable bonds is 1. The Labute approximate surface area is 81.2 Å². The van der Waals surface area contributed by atoms with Crippen LogP contribution in [0.3, 0.4) is 0 Å². The van der Waals surface area contributed by atoms with Crippen molar-refractivity contribution in [2.75, 3.05) is 5.73 Å². The van der Waals surface area contributed by atoms with E-state index in [2.05, 4.69) is 4.74 Å². The molecule has 0 radical (unpaired) electrons. The minimum Gasteiger partial charge on any atom is -0.403 e. The maximum absolute atomic E-state index is 12.8. The molecule has 14 heavy (non-hydrogen) atoms. The Morgan fingerprint density at radius 1 is 1.29 bits per heavy atom. The van der Waals surface area contributed by atoms with E-state index in [0.29, 0.717) is 0 Å². The molecule has 0 aliphatic carbocycles. The van der Waals surface area contributed by atoms with Gasteiger partial charge in [-0.25, -0.2) is 4.39 Å². The second kappa shape index (κ2) is 3.53. The van der Waals surface area contributed by atoms with Gasteiger partial charge in [0.05, 0.1) is 0 Å². The van der Waals surface area contributed by atoms with E-state index in [1.807, 2.05) is 0 Å². The van der Waals surface area contributed by atoms with Crippen LogP contribution in [0.15, 0.2) is 12.1 Å². The first kappa shape index (κ1) is 10.9. The van der Waals surface area contributed by atoms with Crippen LogP contribution < -0.4 is 10.5 Å². The second-order valence-corrected chi connectivity index (χ2v) is 2.78. The van der Waals surface area contributed by atoms with Crippen LogP contribution in [0.5, 0.6) is 5.75 Å². The molecule has 0 atom stereocenters. The van der Waals surface area contributed by atoms with E-state index in [0.717, 1.165) is 12.1 Å². The molecule has 7 heteroatoms. The van der Waals surface area contributed by atoms with E-state index < -0.39 is 23.6 Å². The monoisotopic (exact) mass is 229 g/mol. The van der Waals surface area contributed by atoms with E-state index in [9.17, 15) is 17.6 Å². The molecule has 0 unspecified atom stereocenters. The summed E-state index contributed by atoms with van der Waals surface area (Å²) in [4.78, 5) is 0. The molecule has 1 aromatic rings. The minimum atomic E-state index is -4.93. The fourth-order valence-electron chi connectivity index (χ4n) is 0.770. The SMILES string of the molecule is Nc1c(F)cc(Cl)cc1OC(F)(F)F. The molecule has 0 bridgehead atoms. The summed E-state index contributed by atoms with van der Waals surface area (Å²) in [6.07, 6.45) is -4.93. The molecule has 0 saturated heterocycles. The largest absolute Gasteiger partial charge is 0.573 e. The van der Waals surface area contributed by atoms with Gasteiger partial charge < -0.3 is 10.5 Å². The Morgan fingerprint density at radius 2 is 1.86 bits per heavy atom. The summed E-state index contributed by atoms with van der Waals surface area (Å²) >= 11 is 5.31. The fourth-order valence-corrected chi connectivity index (χ4v) is 0.965. The van der Waals surface area contributed by atoms with E-state index in [1.54, 1.807) is 0 Å². The summed E-state index contributed by atoms with van der Waals surface area (Å²) in [5.74, 6) is -1.90. The van der Waals surface area contributed by atoms with Gasteiger partial charge in [0, 0.05) is 11.1 Å². The van der Waals surface area contributed by atoms with Gasteiger partial charge in [0.25, 0.3) is 0 Å². The van der Waals surface area contributed by atoms with Gasteiger partial charge in [-0.15, -0.1) is 13.2 Å². The molecule has 0 aromatic heterocycles. The number of ether oxygens (including phenoxy) is 1. The number of alkyl halides is 3. The maximum Gasteiger partial charge on any atom is 0.573 e. The standard InChI is InChI=1S/C7H4ClF4NO/c8-3-1-4(9)6(13)5(2-3)14-7(10,11)12/h1-2H,13H2. The van der Waals surface area contributed by atoms with Gasteiger partial charge in [0.2, 0.25) is 0 Å². The molecule has 2 N–H and O–H groups in total. The van der Waals surface area contributed by atoms with Crippen molar-refractivity contribution < 1.29 is 22.3 Å². The van der Waals surface area contributed by atoms with Crippen molar-refractivity contribution in [3.63, 3.8) is 0 Å². The van der Waals surface area contributed by atoms with Crippen molar-refractivity contribution in [2.45, 2.75) is 6.36 Å². The smallest absolute Gasteiger partial charge is 0.403 e. The number of anilines is 1. The van der Waals surface area contributed by atoms with E-state index in [4.69, 9.17) is 17.3 Å². The first-order valence-electron chi connectivity index (χ1n) is 3.30. The zero-order chi connectivity index (χ0) is 10.9. The number of halogens is 5. The van der Waals surface area contributed by atoms with Gasteiger partial charge in [0.1, 0.15) is 5.69 Å². The van der Waals surface area contributed by atoms with E-state index in [1.165, 1.54) is 0 Å². The Hall–Kier alpha value is -1.17. The van der Waals surface area contributed by atoms with Gasteiger partial charge >= 0.3 is 6.36 Å². The van der Waals surface area contributed by atoms with Crippen molar-refractivity contribution in [1.29, 1.82) is 0 Å². The quantitative estimate of drug-likeness (QED) is 0.594. The lowest BCUT2D eigenvalue weighted by atomic mass is 10.3. The highest BCUT2D eigenvalue weighted by Gasteiger charge is 2.32. The number of benzene rings is 1. The Balaban J connectivity index is 3.09. The van der Waals surface area contributed by atoms with Crippen LogP contribution in [-0.2, 0) is 0 Å². The topological polar surface area (TPSA) is 35.2 Å². The average Bonchev–Trinajstić information content (AvgIpc) is 1.96. The van der Waals surface area contributed by atoms with Crippen molar-refractivity contribution >= 4 is 17.3 Å². The van der Waals surface area contributed by atoms with Gasteiger partial charge in [-0.1, -0.05) is 11.6 Å². The zero-order valence-corrected chi connectivity index (χ0v) is 7.29. The molecule has 1 aromatic carbocycles. The molecule has 78 valence electrons. The number of nitrogens with two attached hydrogens (primary N) is 1. The molecule has 0 aliphatic rings. The van der Waals surface area contributed by atoms with E-state index >= 15 is 0 Å². The lowest BCUT2D eigenvalue weighted by Gasteiger charge is -2.11. The molecule has 0 aliphatic heterocycles. The summed E-state index contributed by atoms with van der Waals surface area (Å²) in [5, 5.41) is -0.226. The Bertz CT molecular complexity index is 352. The third kappa shape index (κ3) is 2.66. The number of hydrogen-bond acceptors (Lipinski definition) is 2. The van der Waals surface area contributed by atoms with Crippen LogP contribution in [0.4, 0.5) is 23.2 Å². The van der Waals surface area contributed by atoms with Crippen LogP contribution in [0.1, 0.15) is 0 Å². The van der Waals surface area contributed by atoms with Crippen LogP contribution >= 0.6 is 11.6 Å². The highest BCUT2D eigenvalue weighted by molar-refractivity contribution is 6.30. The summed E-state index contributed by atoms with van der Waals surface area (Å²) in [5.41, 5.74) is 4.27. The second-order valence-electron chi connectivity index (χ2n) is 2.35. The van der Waals surface area contributed by atoms with Gasteiger partial charge in [-0.3, -0.25) is 0 Å². The lowest BCUT2D eigenvalue weighted by Crippen LogP contribution is -2.18. The number of nitrogen functional groups attached to an aromatic ring is 1. The molecule has 0 heterocycles. The Kier molecular flexibility index (Phi) is 2.75. The molecule has 0 saturated carbocycles. The number of hydrogen-bond donors (Lipinski definition) is 1. The summed E-state index contributed by atoms with van der Waals surface area (Å²) in [6.45, 7) is 0. The normalized spacial score (nSPS) is 11.5. The van der Waals surface area contributed by atoms with Gasteiger partial charge in [-0.05, 0) is 6.07 Å². The molecule has 0 spiro atoms. The molecule has 0 fully saturated rings. The molecular formula is C7H4ClF4NO. The van der Waals surface area contributed by atoms with Crippen LogP contribution in [0, 0.1) is 5.82 Å². The van der Waals surface area contributed by atoms with Crippen LogP contribution in [-0.4, -0.2) is 6.36 Å². The predicted molar refractivity (Wildman–Crippen MR) is 42.5 cm³/mol. The maximum atomic E-state index is 12.8. The van der Waals surface area contributed by atoms with Crippen molar-refractivity contribution in [1.82, 2.24) is 0 Å². The van der Waals surface area contributed by atoms with Crippen molar-refractivity contribution in [3.05, 3.63) is 23.0 Å². The highest BCUT2D eigenvalue weighted by Crippen LogP contribution is 2.32. The van der Waals surface area contributed by atoms with Crippen LogP contribution in [0.2, 0.25) is 5.02 Å². The molecule has 2 nitrogen and oxygen atoms in total. The van der Waals surface area contributed by atoms with E-state index in [-0.39, 0.29) is 5.02 Å². The fraction of sp³-hybridized carbons (Fsp3) is 0.143. The molecular weight excluding hydrogens is 226 g/mol. The van der Waals surface area contributed by atoms with Crippen molar-refractivity contribution in [2.24, 2.45) is 0 Å². The lowest BCUT2D eigenvalue weighted by molar-refractivity contribution is -0.274. The first-order valence-corrected chi connectivity index (χ1v) is 3.67. The van der Waals surface area contributed by atoms with Crippen LogP contribution in [0.25, 0.3) is 0 Å². The van der Waals surface area contributed by atoms with Gasteiger partial charge in [-0.2, -0.15) is 0 Å². The zero-order valence-electron chi connectivity index (χ0n) is 6.53. The summed E-state index contributed by atoms with van der Waals surface area (Å²) in [7, 11) is 0. The summed E-state index contributed by atoms with van der Waals surface area (Å²) in [6, 6.07) is 1.58. The molecule has 1 rings (SSSR count). The van der Waals surface area contributed by atoms with Gasteiger partial charge in [0.15, 0.2) is 11.6 Å². The Morgan fingerprint density at radius 3 is 2.36 bits per heavy atom. The first-order chi connectivity index (χ1) is 6.29. The minimum absolute atomic E-state index is 0.226. The molecule has 0 amide bonds. The van der Waals surface area contributed by atoms with Crippen molar-refractivity contribution in [3.8, 4) is 5.75 Å². The average molecular weight is 230 g/mol. The third-order valence-electron chi connectivity index (χ3n) is 1.28.